The summed E-state index contributed by atoms with van der Waals surface area (Å²) in [5, 5.41) is 17.4. The molecule has 0 bridgehead atoms. The molecule has 0 aliphatic carbocycles. The highest BCUT2D eigenvalue weighted by atomic mass is 32.1. The van der Waals surface area contributed by atoms with E-state index in [0.29, 0.717) is 17.0 Å². The Morgan fingerprint density at radius 3 is 1.07 bits per heavy atom. The highest BCUT2D eigenvalue weighted by Gasteiger charge is 1.94. The van der Waals surface area contributed by atoms with E-state index in [1.54, 1.807) is 24.3 Å². The van der Waals surface area contributed by atoms with Crippen molar-refractivity contribution in [3.05, 3.63) is 108 Å². The summed E-state index contributed by atoms with van der Waals surface area (Å²) in [4.78, 5) is 0. The molecule has 27 heavy (non-hydrogen) atoms. The second kappa shape index (κ2) is 12.7. The molecule has 3 rings (SSSR count). The molecule has 3 aromatic carbocycles. The molecule has 3 aromatic rings. The molecule has 0 heterocycles. The fourth-order valence-corrected chi connectivity index (χ4v) is 2.27. The van der Waals surface area contributed by atoms with Crippen LogP contribution in [0.4, 0.5) is 0 Å². The van der Waals surface area contributed by atoms with E-state index in [1.165, 1.54) is 5.56 Å². The van der Waals surface area contributed by atoms with Gasteiger partial charge in [-0.15, -0.1) is 0 Å². The molecule has 0 aromatic heterocycles. The van der Waals surface area contributed by atoms with Crippen LogP contribution in [0.15, 0.2) is 91.0 Å². The number of hydrogen-bond donors (Lipinski definition) is 2. The molecule has 2 N–H and O–H groups in total. The van der Waals surface area contributed by atoms with Gasteiger partial charge in [-0.3, -0.25) is 0 Å². The number of aliphatic hydroxyl groups is 2. The lowest BCUT2D eigenvalue weighted by molar-refractivity contribution is 0.570. The Morgan fingerprint density at radius 2 is 0.889 bits per heavy atom. The van der Waals surface area contributed by atoms with Crippen LogP contribution in [0.3, 0.4) is 0 Å². The lowest BCUT2D eigenvalue weighted by Crippen LogP contribution is -1.91. The normalized spacial score (nSPS) is 9.30. The molecule has 0 spiro atoms. The summed E-state index contributed by atoms with van der Waals surface area (Å²) in [6.07, 6.45) is 0. The molecule has 0 aliphatic heterocycles. The van der Waals surface area contributed by atoms with E-state index in [-0.39, 0.29) is 10.1 Å². The van der Waals surface area contributed by atoms with E-state index in [1.807, 2.05) is 42.5 Å². The standard InChI is InChI=1S/C9H12.2C7H6OS/c1-8(2)9-6-4-3-5-7-9;2*8-7(9)6-4-2-1-3-5-6/h3-8H,1-2H3;2*1-5H,(H,8,9). The zero-order chi connectivity index (χ0) is 20.1. The van der Waals surface area contributed by atoms with E-state index in [0.717, 1.165) is 0 Å². The zero-order valence-electron chi connectivity index (χ0n) is 15.4. The van der Waals surface area contributed by atoms with Gasteiger partial charge in [0.05, 0.1) is 0 Å². The van der Waals surface area contributed by atoms with Crippen LogP contribution < -0.4 is 0 Å². The number of aliphatic hydroxyl groups excluding tert-OH is 2. The first-order chi connectivity index (χ1) is 12.9. The lowest BCUT2D eigenvalue weighted by atomic mass is 10.0. The average molecular weight is 397 g/mol. The van der Waals surface area contributed by atoms with Crippen LogP contribution in [0, 0.1) is 0 Å². The van der Waals surface area contributed by atoms with E-state index < -0.39 is 0 Å². The summed E-state index contributed by atoms with van der Waals surface area (Å²) in [7, 11) is 0. The summed E-state index contributed by atoms with van der Waals surface area (Å²) >= 11 is 9.04. The molecule has 0 amide bonds. The van der Waals surface area contributed by atoms with Crippen LogP contribution in [-0.2, 0) is 0 Å². The van der Waals surface area contributed by atoms with E-state index >= 15 is 0 Å². The van der Waals surface area contributed by atoms with Gasteiger partial charge in [0.25, 0.3) is 0 Å². The number of rotatable bonds is 3. The number of hydrogen-bond acceptors (Lipinski definition) is 2. The maximum atomic E-state index is 8.76. The lowest BCUT2D eigenvalue weighted by Gasteiger charge is -2.01. The molecular weight excluding hydrogens is 372 g/mol. The Morgan fingerprint density at radius 1 is 0.593 bits per heavy atom. The Hall–Kier alpha value is -2.56. The van der Waals surface area contributed by atoms with Gasteiger partial charge in [-0.2, -0.15) is 0 Å². The van der Waals surface area contributed by atoms with Gasteiger partial charge in [0, 0.05) is 11.1 Å². The van der Waals surface area contributed by atoms with Crippen molar-refractivity contribution in [1.29, 1.82) is 0 Å². The fourth-order valence-electron chi connectivity index (χ4n) is 2.00. The maximum absolute atomic E-state index is 8.76. The summed E-state index contributed by atoms with van der Waals surface area (Å²) < 4.78 is 0. The first-order valence-electron chi connectivity index (χ1n) is 8.53. The van der Waals surface area contributed by atoms with Gasteiger partial charge in [0.15, 0.2) is 10.1 Å². The van der Waals surface area contributed by atoms with Crippen LogP contribution in [0.25, 0.3) is 0 Å². The first-order valence-corrected chi connectivity index (χ1v) is 9.35. The van der Waals surface area contributed by atoms with E-state index in [9.17, 15) is 0 Å². The minimum absolute atomic E-state index is 0.0457. The summed E-state index contributed by atoms with van der Waals surface area (Å²) in [6, 6.07) is 28.7. The molecule has 0 fully saturated rings. The van der Waals surface area contributed by atoms with Crippen molar-refractivity contribution in [3.8, 4) is 0 Å². The number of thiocarbonyl (C=S) groups is 2. The van der Waals surface area contributed by atoms with Crippen molar-refractivity contribution in [2.45, 2.75) is 19.8 Å². The minimum Gasteiger partial charge on any atom is -0.499 e. The molecule has 0 saturated heterocycles. The van der Waals surface area contributed by atoms with Crippen molar-refractivity contribution >= 4 is 34.5 Å². The smallest absolute Gasteiger partial charge is 0.188 e. The van der Waals surface area contributed by atoms with Gasteiger partial charge >= 0.3 is 0 Å². The second-order valence-electron chi connectivity index (χ2n) is 5.91. The molecule has 0 unspecified atom stereocenters. The van der Waals surface area contributed by atoms with Gasteiger partial charge in [-0.1, -0.05) is 105 Å². The quantitative estimate of drug-likeness (QED) is 0.486. The van der Waals surface area contributed by atoms with Gasteiger partial charge in [-0.25, -0.2) is 0 Å². The Balaban J connectivity index is 0.000000202. The average Bonchev–Trinajstić information content (AvgIpc) is 2.71. The Kier molecular flexibility index (Phi) is 10.6. The van der Waals surface area contributed by atoms with Gasteiger partial charge in [-0.05, 0) is 35.9 Å². The minimum atomic E-state index is -0.0457. The van der Waals surface area contributed by atoms with Gasteiger partial charge in [0.1, 0.15) is 0 Å². The monoisotopic (exact) mass is 396 g/mol. The van der Waals surface area contributed by atoms with Crippen molar-refractivity contribution in [3.63, 3.8) is 0 Å². The van der Waals surface area contributed by atoms with Gasteiger partial charge in [0.2, 0.25) is 0 Å². The molecule has 140 valence electrons. The summed E-state index contributed by atoms with van der Waals surface area (Å²) in [5.74, 6) is 0.659. The van der Waals surface area contributed by atoms with Crippen LogP contribution in [0.2, 0.25) is 0 Å². The third-order valence-corrected chi connectivity index (χ3v) is 3.98. The van der Waals surface area contributed by atoms with Crippen LogP contribution >= 0.6 is 24.4 Å². The van der Waals surface area contributed by atoms with Crippen LogP contribution in [-0.4, -0.2) is 20.3 Å². The molecule has 0 saturated carbocycles. The molecule has 0 atom stereocenters. The third-order valence-electron chi connectivity index (χ3n) is 3.51. The predicted octanol–water partition coefficient (Wildman–Crippen LogP) is 6.65. The van der Waals surface area contributed by atoms with Crippen molar-refractivity contribution in [2.24, 2.45) is 0 Å². The molecule has 2 nitrogen and oxygen atoms in total. The molecule has 0 aliphatic rings. The van der Waals surface area contributed by atoms with Crippen LogP contribution in [0.1, 0.15) is 36.5 Å². The largest absolute Gasteiger partial charge is 0.499 e. The molecule has 4 heteroatoms. The predicted molar refractivity (Wildman–Crippen MR) is 122 cm³/mol. The van der Waals surface area contributed by atoms with Crippen LogP contribution in [0.5, 0.6) is 0 Å². The molecule has 0 radical (unpaired) electrons. The third kappa shape index (κ3) is 9.64. The topological polar surface area (TPSA) is 40.5 Å². The van der Waals surface area contributed by atoms with Gasteiger partial charge < -0.3 is 10.2 Å². The maximum Gasteiger partial charge on any atom is 0.188 e. The van der Waals surface area contributed by atoms with E-state index in [4.69, 9.17) is 10.2 Å². The Bertz CT molecular complexity index is 752. The van der Waals surface area contributed by atoms with E-state index in [2.05, 4.69) is 62.5 Å². The zero-order valence-corrected chi connectivity index (χ0v) is 17.1. The highest BCUT2D eigenvalue weighted by molar-refractivity contribution is 7.80. The molecular formula is C23H24O2S2. The van der Waals surface area contributed by atoms with Crippen molar-refractivity contribution in [1.82, 2.24) is 0 Å². The van der Waals surface area contributed by atoms with Crippen molar-refractivity contribution in [2.75, 3.05) is 0 Å². The first kappa shape index (κ1) is 22.5. The van der Waals surface area contributed by atoms with Crippen molar-refractivity contribution < 1.29 is 10.2 Å². The number of benzene rings is 3. The second-order valence-corrected chi connectivity index (χ2v) is 6.68. The summed E-state index contributed by atoms with van der Waals surface area (Å²) in [5.41, 5.74) is 2.82. The Labute approximate surface area is 172 Å². The SMILES string of the molecule is CC(C)c1ccccc1.OC(=S)c1ccccc1.OC(=S)c1ccccc1. The summed E-state index contributed by atoms with van der Waals surface area (Å²) in [6.45, 7) is 4.41. The highest BCUT2D eigenvalue weighted by Crippen LogP contribution is 2.11. The fraction of sp³-hybridized carbons (Fsp3) is 0.130.